The highest BCUT2D eigenvalue weighted by atomic mass is 16.4. The number of rotatable bonds is 4. The molecule has 0 spiro atoms. The molecule has 1 fully saturated rings. The predicted molar refractivity (Wildman–Crippen MR) is 52.0 cm³/mol. The molecule has 0 aromatic heterocycles. The molecule has 1 rings (SSSR count). The van der Waals surface area contributed by atoms with E-state index in [1.807, 2.05) is 0 Å². The molecule has 0 aliphatic carbocycles. The molecule has 0 bridgehead atoms. The van der Waals surface area contributed by atoms with E-state index in [4.69, 9.17) is 10.2 Å². The molecule has 2 amide bonds. The van der Waals surface area contributed by atoms with Gasteiger partial charge >= 0.3 is 18.0 Å². The molecule has 1 heterocycles. The lowest BCUT2D eigenvalue weighted by atomic mass is 10.2. The number of carbonyl (C=O) groups excluding carboxylic acids is 1. The Morgan fingerprint density at radius 3 is 2.50 bits per heavy atom. The van der Waals surface area contributed by atoms with Crippen molar-refractivity contribution in [1.82, 2.24) is 16.0 Å². The van der Waals surface area contributed by atoms with Gasteiger partial charge < -0.3 is 26.2 Å². The summed E-state index contributed by atoms with van der Waals surface area (Å²) >= 11 is 0. The summed E-state index contributed by atoms with van der Waals surface area (Å²) in [6, 6.07) is -1.57. The molecule has 2 atom stereocenters. The van der Waals surface area contributed by atoms with Crippen LogP contribution in [0.15, 0.2) is 0 Å². The minimum atomic E-state index is -1.14. The van der Waals surface area contributed by atoms with Gasteiger partial charge in [-0.05, 0) is 6.42 Å². The molecule has 5 N–H and O–H groups in total. The molecule has 0 saturated carbocycles. The number of urea groups is 1. The Morgan fingerprint density at radius 1 is 1.31 bits per heavy atom. The van der Waals surface area contributed by atoms with Gasteiger partial charge in [0.15, 0.2) is 0 Å². The Hall–Kier alpha value is -1.83. The van der Waals surface area contributed by atoms with Crippen LogP contribution >= 0.6 is 0 Å². The van der Waals surface area contributed by atoms with Crippen LogP contribution in [0.4, 0.5) is 4.79 Å². The fraction of sp³-hybridized carbons (Fsp3) is 0.625. The summed E-state index contributed by atoms with van der Waals surface area (Å²) < 4.78 is 0. The third-order valence-electron chi connectivity index (χ3n) is 2.16. The van der Waals surface area contributed by atoms with Crippen LogP contribution in [0.3, 0.4) is 0 Å². The third kappa shape index (κ3) is 3.73. The van der Waals surface area contributed by atoms with Gasteiger partial charge in [0, 0.05) is 12.6 Å². The van der Waals surface area contributed by atoms with Crippen LogP contribution in [0.25, 0.3) is 0 Å². The largest absolute Gasteiger partial charge is 0.480 e. The predicted octanol–water partition coefficient (Wildman–Crippen LogP) is -1.81. The minimum Gasteiger partial charge on any atom is -0.480 e. The third-order valence-corrected chi connectivity index (χ3v) is 2.16. The Balaban J connectivity index is 2.26. The fourth-order valence-corrected chi connectivity index (χ4v) is 1.43. The number of carboxylic acids is 2. The van der Waals surface area contributed by atoms with Crippen LogP contribution in [0.1, 0.15) is 6.42 Å². The van der Waals surface area contributed by atoms with Gasteiger partial charge in [0.1, 0.15) is 12.6 Å². The summed E-state index contributed by atoms with van der Waals surface area (Å²) in [6.45, 7) is -0.105. The second-order valence-electron chi connectivity index (χ2n) is 3.45. The molecule has 0 radical (unpaired) electrons. The zero-order valence-electron chi connectivity index (χ0n) is 8.40. The lowest BCUT2D eigenvalue weighted by molar-refractivity contribution is -0.139. The van der Waals surface area contributed by atoms with E-state index in [1.54, 1.807) is 0 Å². The maximum atomic E-state index is 11.1. The van der Waals surface area contributed by atoms with E-state index in [0.29, 0.717) is 6.54 Å². The Bertz CT molecular complexity index is 306. The molecule has 1 saturated heterocycles. The van der Waals surface area contributed by atoms with Gasteiger partial charge in [-0.25, -0.2) is 4.79 Å². The van der Waals surface area contributed by atoms with Crippen LogP contribution in [-0.2, 0) is 9.59 Å². The smallest absolute Gasteiger partial charge is 0.323 e. The van der Waals surface area contributed by atoms with E-state index >= 15 is 0 Å². The van der Waals surface area contributed by atoms with Crippen molar-refractivity contribution < 1.29 is 24.6 Å². The molecule has 1 aliphatic heterocycles. The topological polar surface area (TPSA) is 128 Å². The summed E-state index contributed by atoms with van der Waals surface area (Å²) in [6.07, 6.45) is 0.288. The van der Waals surface area contributed by atoms with E-state index in [1.165, 1.54) is 0 Å². The summed E-state index contributed by atoms with van der Waals surface area (Å²) in [5, 5.41) is 24.3. The number of nitrogens with one attached hydrogen (secondary N) is 3. The zero-order chi connectivity index (χ0) is 12.1. The van der Waals surface area contributed by atoms with Gasteiger partial charge in [0.25, 0.3) is 0 Å². The maximum Gasteiger partial charge on any atom is 0.323 e. The molecule has 0 aromatic rings. The molecule has 0 aromatic carbocycles. The van der Waals surface area contributed by atoms with Crippen molar-refractivity contribution in [2.45, 2.75) is 18.5 Å². The quantitative estimate of drug-likeness (QED) is 0.388. The van der Waals surface area contributed by atoms with Gasteiger partial charge in [0.2, 0.25) is 0 Å². The first-order chi connectivity index (χ1) is 7.49. The highest BCUT2D eigenvalue weighted by Crippen LogP contribution is 2.06. The Kier molecular flexibility index (Phi) is 4.06. The van der Waals surface area contributed by atoms with Gasteiger partial charge in [-0.15, -0.1) is 0 Å². The SMILES string of the molecule is O=C(O)CNC(=O)N[C@H]1CNC(C(=O)O)C1. The Morgan fingerprint density at radius 2 is 2.00 bits per heavy atom. The molecular weight excluding hydrogens is 218 g/mol. The second kappa shape index (κ2) is 5.31. The second-order valence-corrected chi connectivity index (χ2v) is 3.45. The van der Waals surface area contributed by atoms with Gasteiger partial charge in [-0.1, -0.05) is 0 Å². The zero-order valence-corrected chi connectivity index (χ0v) is 8.40. The minimum absolute atomic E-state index is 0.288. The summed E-state index contributed by atoms with van der Waals surface area (Å²) in [7, 11) is 0. The molecule has 1 unspecified atom stereocenters. The van der Waals surface area contributed by atoms with Gasteiger partial charge in [0.05, 0.1) is 0 Å². The summed E-state index contributed by atoms with van der Waals surface area (Å²) in [4.78, 5) is 31.8. The van der Waals surface area contributed by atoms with E-state index in [9.17, 15) is 14.4 Å². The standard InChI is InChI=1S/C8H13N3O5/c12-6(13)3-10-8(16)11-4-1-5(7(14)15)9-2-4/h4-5,9H,1-3H2,(H,12,13)(H,14,15)(H2,10,11,16)/t4-,5?/m1/s1. The Labute approximate surface area is 91.0 Å². The van der Waals surface area contributed by atoms with Gasteiger partial charge in [-0.3, -0.25) is 9.59 Å². The first kappa shape index (κ1) is 12.2. The highest BCUT2D eigenvalue weighted by Gasteiger charge is 2.29. The lowest BCUT2D eigenvalue weighted by Crippen LogP contribution is -2.44. The van der Waals surface area contributed by atoms with Crippen LogP contribution in [-0.4, -0.2) is 53.4 Å². The van der Waals surface area contributed by atoms with Crippen molar-refractivity contribution in [3.05, 3.63) is 0 Å². The van der Waals surface area contributed by atoms with Crippen LogP contribution in [0, 0.1) is 0 Å². The van der Waals surface area contributed by atoms with Crippen molar-refractivity contribution in [3.63, 3.8) is 0 Å². The summed E-state index contributed by atoms with van der Waals surface area (Å²) in [5.41, 5.74) is 0. The van der Waals surface area contributed by atoms with Crippen molar-refractivity contribution >= 4 is 18.0 Å². The number of carbonyl (C=O) groups is 3. The van der Waals surface area contributed by atoms with E-state index < -0.39 is 30.6 Å². The average Bonchev–Trinajstić information content (AvgIpc) is 2.63. The van der Waals surface area contributed by atoms with Crippen LogP contribution in [0.5, 0.6) is 0 Å². The molecule has 90 valence electrons. The van der Waals surface area contributed by atoms with E-state index in [2.05, 4.69) is 16.0 Å². The van der Waals surface area contributed by atoms with Crippen LogP contribution in [0.2, 0.25) is 0 Å². The normalized spacial score (nSPS) is 23.8. The highest BCUT2D eigenvalue weighted by molar-refractivity contribution is 5.80. The number of aliphatic carboxylic acids is 2. The van der Waals surface area contributed by atoms with Gasteiger partial charge in [-0.2, -0.15) is 0 Å². The number of amides is 2. The van der Waals surface area contributed by atoms with E-state index in [0.717, 1.165) is 0 Å². The van der Waals surface area contributed by atoms with Crippen LogP contribution < -0.4 is 16.0 Å². The van der Waals surface area contributed by atoms with Crippen molar-refractivity contribution in [1.29, 1.82) is 0 Å². The number of hydrogen-bond acceptors (Lipinski definition) is 4. The molecule has 1 aliphatic rings. The monoisotopic (exact) mass is 231 g/mol. The first-order valence-corrected chi connectivity index (χ1v) is 4.71. The van der Waals surface area contributed by atoms with Crippen molar-refractivity contribution in [3.8, 4) is 0 Å². The summed E-state index contributed by atoms with van der Waals surface area (Å²) in [5.74, 6) is -2.10. The number of carboxylic acid groups (broad SMARTS) is 2. The van der Waals surface area contributed by atoms with E-state index in [-0.39, 0.29) is 12.5 Å². The van der Waals surface area contributed by atoms with Crippen molar-refractivity contribution in [2.24, 2.45) is 0 Å². The molecule has 16 heavy (non-hydrogen) atoms. The molecule has 8 heteroatoms. The average molecular weight is 231 g/mol. The van der Waals surface area contributed by atoms with Crippen molar-refractivity contribution in [2.75, 3.05) is 13.1 Å². The molecule has 8 nitrogen and oxygen atoms in total. The molecular formula is C8H13N3O5. The first-order valence-electron chi connectivity index (χ1n) is 4.71. The fourth-order valence-electron chi connectivity index (χ4n) is 1.43. The number of hydrogen-bond donors (Lipinski definition) is 5. The lowest BCUT2D eigenvalue weighted by Gasteiger charge is -2.11. The maximum absolute atomic E-state index is 11.1.